The van der Waals surface area contributed by atoms with Gasteiger partial charge in [0.15, 0.2) is 5.78 Å². The van der Waals surface area contributed by atoms with Crippen LogP contribution in [0.5, 0.6) is 0 Å². The first-order chi connectivity index (χ1) is 6.15. The van der Waals surface area contributed by atoms with E-state index in [4.69, 9.17) is 11.6 Å². The molecule has 0 amide bonds. The SMILES string of the molecule is CC(C)c1cccc(C(=O)CCl)c1. The van der Waals surface area contributed by atoms with Gasteiger partial charge in [-0.05, 0) is 17.5 Å². The lowest BCUT2D eigenvalue weighted by Crippen LogP contribution is -2.01. The standard InChI is InChI=1S/C11H13ClO/c1-8(2)9-4-3-5-10(6-9)11(13)7-12/h3-6,8H,7H2,1-2H3. The number of benzene rings is 1. The molecule has 0 spiro atoms. The number of carbonyl (C=O) groups excluding carboxylic acids is 1. The van der Waals surface area contributed by atoms with Crippen molar-refractivity contribution in [3.8, 4) is 0 Å². The molecule has 70 valence electrons. The first-order valence-electron chi connectivity index (χ1n) is 4.34. The number of halogens is 1. The first kappa shape index (κ1) is 10.3. The van der Waals surface area contributed by atoms with Crippen LogP contribution in [0.1, 0.15) is 35.7 Å². The van der Waals surface area contributed by atoms with Crippen LogP contribution in [0.15, 0.2) is 24.3 Å². The quantitative estimate of drug-likeness (QED) is 0.536. The van der Waals surface area contributed by atoms with Crippen molar-refractivity contribution in [3.63, 3.8) is 0 Å². The molecule has 0 aliphatic heterocycles. The van der Waals surface area contributed by atoms with Crippen LogP contribution in [0.25, 0.3) is 0 Å². The molecule has 1 nitrogen and oxygen atoms in total. The van der Waals surface area contributed by atoms with Gasteiger partial charge < -0.3 is 0 Å². The Balaban J connectivity index is 2.98. The molecule has 0 saturated heterocycles. The van der Waals surface area contributed by atoms with Crippen LogP contribution in [0.4, 0.5) is 0 Å². The summed E-state index contributed by atoms with van der Waals surface area (Å²) < 4.78 is 0. The molecule has 1 rings (SSSR count). The molecular formula is C11H13ClO. The molecule has 1 aromatic rings. The van der Waals surface area contributed by atoms with Crippen molar-refractivity contribution < 1.29 is 4.79 Å². The van der Waals surface area contributed by atoms with Crippen LogP contribution in [0.3, 0.4) is 0 Å². The number of hydrogen-bond donors (Lipinski definition) is 0. The van der Waals surface area contributed by atoms with Crippen molar-refractivity contribution in [2.45, 2.75) is 19.8 Å². The Morgan fingerprint density at radius 1 is 1.46 bits per heavy atom. The monoisotopic (exact) mass is 196 g/mol. The Hall–Kier alpha value is -0.820. The Kier molecular flexibility index (Phi) is 3.49. The van der Waals surface area contributed by atoms with Gasteiger partial charge in [0.25, 0.3) is 0 Å². The normalized spacial score (nSPS) is 10.5. The molecule has 0 saturated carbocycles. The molecule has 0 aliphatic rings. The number of hydrogen-bond acceptors (Lipinski definition) is 1. The summed E-state index contributed by atoms with van der Waals surface area (Å²) in [5.74, 6) is 0.494. The van der Waals surface area contributed by atoms with E-state index in [0.29, 0.717) is 11.5 Å². The summed E-state index contributed by atoms with van der Waals surface area (Å²) in [6.45, 7) is 4.20. The summed E-state index contributed by atoms with van der Waals surface area (Å²) in [4.78, 5) is 11.3. The molecule has 0 aliphatic carbocycles. The van der Waals surface area contributed by atoms with Crippen molar-refractivity contribution >= 4 is 17.4 Å². The molecule has 0 N–H and O–H groups in total. The predicted molar refractivity (Wildman–Crippen MR) is 55.6 cm³/mol. The summed E-state index contributed by atoms with van der Waals surface area (Å²) in [6, 6.07) is 7.64. The van der Waals surface area contributed by atoms with Gasteiger partial charge in [-0.1, -0.05) is 32.0 Å². The van der Waals surface area contributed by atoms with Gasteiger partial charge in [0, 0.05) is 5.56 Å². The van der Waals surface area contributed by atoms with Crippen molar-refractivity contribution in [2.24, 2.45) is 0 Å². The third-order valence-electron chi connectivity index (χ3n) is 2.00. The largest absolute Gasteiger partial charge is 0.293 e. The van der Waals surface area contributed by atoms with E-state index in [9.17, 15) is 4.79 Å². The van der Waals surface area contributed by atoms with E-state index in [0.717, 1.165) is 0 Å². The van der Waals surface area contributed by atoms with Gasteiger partial charge in [0.2, 0.25) is 0 Å². The average Bonchev–Trinajstić information content (AvgIpc) is 2.17. The molecule has 13 heavy (non-hydrogen) atoms. The average molecular weight is 197 g/mol. The van der Waals surface area contributed by atoms with Crippen LogP contribution in [0.2, 0.25) is 0 Å². The highest BCUT2D eigenvalue weighted by atomic mass is 35.5. The van der Waals surface area contributed by atoms with E-state index in [2.05, 4.69) is 13.8 Å². The van der Waals surface area contributed by atoms with Gasteiger partial charge in [-0.25, -0.2) is 0 Å². The maximum absolute atomic E-state index is 11.3. The smallest absolute Gasteiger partial charge is 0.177 e. The summed E-state index contributed by atoms with van der Waals surface area (Å²) >= 11 is 5.47. The van der Waals surface area contributed by atoms with Crippen LogP contribution < -0.4 is 0 Å². The highest BCUT2D eigenvalue weighted by Crippen LogP contribution is 2.15. The molecule has 0 atom stereocenters. The topological polar surface area (TPSA) is 17.1 Å². The molecule has 1 aromatic carbocycles. The summed E-state index contributed by atoms with van der Waals surface area (Å²) in [6.07, 6.45) is 0. The van der Waals surface area contributed by atoms with Gasteiger partial charge in [0.1, 0.15) is 0 Å². The lowest BCUT2D eigenvalue weighted by Gasteiger charge is -2.06. The van der Waals surface area contributed by atoms with Gasteiger partial charge in [-0.3, -0.25) is 4.79 Å². The van der Waals surface area contributed by atoms with Gasteiger partial charge >= 0.3 is 0 Å². The van der Waals surface area contributed by atoms with E-state index in [1.165, 1.54) is 5.56 Å². The number of rotatable bonds is 3. The molecule has 0 fully saturated rings. The molecule has 0 bridgehead atoms. The molecular weight excluding hydrogens is 184 g/mol. The number of alkyl halides is 1. The summed E-state index contributed by atoms with van der Waals surface area (Å²) in [7, 11) is 0. The maximum atomic E-state index is 11.3. The second-order valence-electron chi connectivity index (χ2n) is 3.34. The first-order valence-corrected chi connectivity index (χ1v) is 4.87. The minimum absolute atomic E-state index is 0.0100. The molecule has 0 aromatic heterocycles. The Morgan fingerprint density at radius 3 is 2.69 bits per heavy atom. The van der Waals surface area contributed by atoms with E-state index in [1.54, 1.807) is 6.07 Å². The van der Waals surface area contributed by atoms with E-state index < -0.39 is 0 Å². The third-order valence-corrected chi connectivity index (χ3v) is 2.24. The highest BCUT2D eigenvalue weighted by Gasteiger charge is 2.05. The van der Waals surface area contributed by atoms with Crippen LogP contribution in [-0.4, -0.2) is 11.7 Å². The van der Waals surface area contributed by atoms with Crippen molar-refractivity contribution in [2.75, 3.05) is 5.88 Å². The van der Waals surface area contributed by atoms with Crippen molar-refractivity contribution in [1.29, 1.82) is 0 Å². The maximum Gasteiger partial charge on any atom is 0.177 e. The van der Waals surface area contributed by atoms with E-state index in [-0.39, 0.29) is 11.7 Å². The van der Waals surface area contributed by atoms with Crippen molar-refractivity contribution in [3.05, 3.63) is 35.4 Å². The lowest BCUT2D eigenvalue weighted by molar-refractivity contribution is 0.102. The number of ketones is 1. The highest BCUT2D eigenvalue weighted by molar-refractivity contribution is 6.30. The van der Waals surface area contributed by atoms with Gasteiger partial charge in [0.05, 0.1) is 5.88 Å². The molecule has 0 heterocycles. The third kappa shape index (κ3) is 2.56. The second kappa shape index (κ2) is 4.43. The fraction of sp³-hybridized carbons (Fsp3) is 0.364. The Bertz CT molecular complexity index is 305. The molecule has 0 unspecified atom stereocenters. The molecule has 2 heteroatoms. The predicted octanol–water partition coefficient (Wildman–Crippen LogP) is 3.23. The van der Waals surface area contributed by atoms with E-state index in [1.807, 2.05) is 18.2 Å². The second-order valence-corrected chi connectivity index (χ2v) is 3.60. The van der Waals surface area contributed by atoms with Crippen molar-refractivity contribution in [1.82, 2.24) is 0 Å². The van der Waals surface area contributed by atoms with Crippen LogP contribution >= 0.6 is 11.6 Å². The Morgan fingerprint density at radius 2 is 2.15 bits per heavy atom. The fourth-order valence-electron chi connectivity index (χ4n) is 1.15. The minimum atomic E-state index is -0.0100. The van der Waals surface area contributed by atoms with Gasteiger partial charge in [-0.2, -0.15) is 0 Å². The zero-order valence-corrected chi connectivity index (χ0v) is 8.64. The lowest BCUT2D eigenvalue weighted by atomic mass is 10.00. The summed E-state index contributed by atoms with van der Waals surface area (Å²) in [5, 5.41) is 0. The zero-order chi connectivity index (χ0) is 9.84. The Labute approximate surface area is 83.7 Å². The van der Waals surface area contributed by atoms with E-state index >= 15 is 0 Å². The van der Waals surface area contributed by atoms with Crippen LogP contribution in [-0.2, 0) is 0 Å². The number of Topliss-reactive ketones (excluding diaryl/α,β-unsaturated/α-hetero) is 1. The molecule has 0 radical (unpaired) electrons. The van der Waals surface area contributed by atoms with Crippen LogP contribution in [0, 0.1) is 0 Å². The zero-order valence-electron chi connectivity index (χ0n) is 7.88. The fourth-order valence-corrected chi connectivity index (χ4v) is 1.30. The summed E-state index contributed by atoms with van der Waals surface area (Å²) in [5.41, 5.74) is 1.89. The number of carbonyl (C=O) groups is 1. The minimum Gasteiger partial charge on any atom is -0.293 e. The van der Waals surface area contributed by atoms with Gasteiger partial charge in [-0.15, -0.1) is 11.6 Å².